The summed E-state index contributed by atoms with van der Waals surface area (Å²) in [6.07, 6.45) is 0.813. The van der Waals surface area contributed by atoms with Gasteiger partial charge in [0.05, 0.1) is 11.3 Å². The molecule has 0 aromatic heterocycles. The summed E-state index contributed by atoms with van der Waals surface area (Å²) in [4.78, 5) is 22.5. The van der Waals surface area contributed by atoms with E-state index >= 15 is 0 Å². The third kappa shape index (κ3) is 3.79. The van der Waals surface area contributed by atoms with Gasteiger partial charge < -0.3 is 15.7 Å². The van der Waals surface area contributed by atoms with Crippen molar-refractivity contribution in [2.45, 2.75) is 26.3 Å². The van der Waals surface area contributed by atoms with Gasteiger partial charge in [0, 0.05) is 6.04 Å². The van der Waals surface area contributed by atoms with Crippen molar-refractivity contribution in [3.63, 3.8) is 0 Å². The first kappa shape index (κ1) is 13.0. The smallest absolute Gasteiger partial charge is 0.337 e. The Morgan fingerprint density at radius 2 is 2.00 bits per heavy atom. The van der Waals surface area contributed by atoms with E-state index in [1.165, 1.54) is 6.07 Å². The van der Waals surface area contributed by atoms with Crippen LogP contribution in [0.3, 0.4) is 0 Å². The maximum Gasteiger partial charge on any atom is 0.337 e. The first-order chi connectivity index (χ1) is 8.04. The molecule has 5 heteroatoms. The minimum absolute atomic E-state index is 0.0481. The van der Waals surface area contributed by atoms with E-state index in [1.54, 1.807) is 18.2 Å². The van der Waals surface area contributed by atoms with Crippen LogP contribution in [0.4, 0.5) is 10.5 Å². The number of carbonyl (C=O) groups is 2. The van der Waals surface area contributed by atoms with Crippen LogP contribution in [0.2, 0.25) is 0 Å². The van der Waals surface area contributed by atoms with Gasteiger partial charge in [0.25, 0.3) is 0 Å². The highest BCUT2D eigenvalue weighted by Gasteiger charge is 2.12. The highest BCUT2D eigenvalue weighted by Crippen LogP contribution is 2.14. The fourth-order valence-corrected chi connectivity index (χ4v) is 1.26. The predicted octanol–water partition coefficient (Wildman–Crippen LogP) is 2.30. The summed E-state index contributed by atoms with van der Waals surface area (Å²) in [5, 5.41) is 14.2. The minimum atomic E-state index is -1.07. The summed E-state index contributed by atoms with van der Waals surface area (Å²) in [6.45, 7) is 3.83. The molecule has 5 nitrogen and oxygen atoms in total. The first-order valence-corrected chi connectivity index (χ1v) is 5.44. The van der Waals surface area contributed by atoms with E-state index in [0.29, 0.717) is 5.69 Å². The zero-order valence-corrected chi connectivity index (χ0v) is 9.86. The summed E-state index contributed by atoms with van der Waals surface area (Å²) < 4.78 is 0. The van der Waals surface area contributed by atoms with E-state index in [9.17, 15) is 9.59 Å². The van der Waals surface area contributed by atoms with Gasteiger partial charge in [0.15, 0.2) is 0 Å². The molecule has 0 radical (unpaired) electrons. The number of anilines is 1. The predicted molar refractivity (Wildman–Crippen MR) is 65.3 cm³/mol. The quantitative estimate of drug-likeness (QED) is 0.750. The normalized spacial score (nSPS) is 11.6. The molecule has 0 spiro atoms. The van der Waals surface area contributed by atoms with Gasteiger partial charge in [0.2, 0.25) is 0 Å². The Labute approximate surface area is 99.8 Å². The molecule has 17 heavy (non-hydrogen) atoms. The van der Waals surface area contributed by atoms with Crippen molar-refractivity contribution >= 4 is 17.7 Å². The fraction of sp³-hybridized carbons (Fsp3) is 0.333. The molecule has 0 heterocycles. The second-order valence-corrected chi connectivity index (χ2v) is 3.76. The number of urea groups is 1. The second kappa shape index (κ2) is 5.89. The minimum Gasteiger partial charge on any atom is -0.478 e. The highest BCUT2D eigenvalue weighted by molar-refractivity contribution is 5.99. The third-order valence-corrected chi connectivity index (χ3v) is 2.40. The van der Waals surface area contributed by atoms with Crippen molar-refractivity contribution < 1.29 is 14.7 Å². The average Bonchev–Trinajstić information content (AvgIpc) is 2.29. The van der Waals surface area contributed by atoms with Crippen molar-refractivity contribution in [2.24, 2.45) is 0 Å². The van der Waals surface area contributed by atoms with Crippen molar-refractivity contribution in [3.8, 4) is 0 Å². The lowest BCUT2D eigenvalue weighted by atomic mass is 10.2. The van der Waals surface area contributed by atoms with Crippen molar-refractivity contribution in [3.05, 3.63) is 29.8 Å². The molecule has 0 aliphatic heterocycles. The Bertz CT molecular complexity index is 418. The van der Waals surface area contributed by atoms with Gasteiger partial charge in [-0.25, -0.2) is 9.59 Å². The van der Waals surface area contributed by atoms with Crippen LogP contribution in [0.1, 0.15) is 30.6 Å². The number of rotatable bonds is 4. The number of hydrogen-bond acceptors (Lipinski definition) is 2. The summed E-state index contributed by atoms with van der Waals surface area (Å²) in [5.41, 5.74) is 0.368. The van der Waals surface area contributed by atoms with Gasteiger partial charge in [-0.05, 0) is 25.5 Å². The molecule has 0 aliphatic rings. The molecule has 0 saturated heterocycles. The van der Waals surface area contributed by atoms with Gasteiger partial charge >= 0.3 is 12.0 Å². The lowest BCUT2D eigenvalue weighted by Crippen LogP contribution is -2.35. The Morgan fingerprint density at radius 1 is 1.35 bits per heavy atom. The average molecular weight is 236 g/mol. The number of carboxylic acids is 1. The van der Waals surface area contributed by atoms with Gasteiger partial charge in [-0.2, -0.15) is 0 Å². The molecule has 0 bridgehead atoms. The topological polar surface area (TPSA) is 78.4 Å². The Hall–Kier alpha value is -2.04. The van der Waals surface area contributed by atoms with E-state index in [1.807, 2.05) is 13.8 Å². The SMILES string of the molecule is CCC(C)NC(=O)Nc1ccccc1C(=O)O. The second-order valence-electron chi connectivity index (χ2n) is 3.76. The van der Waals surface area contributed by atoms with Crippen molar-refractivity contribution in [1.82, 2.24) is 5.32 Å². The summed E-state index contributed by atoms with van der Waals surface area (Å²) in [6, 6.07) is 5.94. The fourth-order valence-electron chi connectivity index (χ4n) is 1.26. The monoisotopic (exact) mass is 236 g/mol. The molecule has 1 rings (SSSR count). The molecule has 0 aliphatic carbocycles. The zero-order chi connectivity index (χ0) is 12.8. The largest absolute Gasteiger partial charge is 0.478 e. The maximum absolute atomic E-state index is 11.5. The van der Waals surface area contributed by atoms with E-state index in [2.05, 4.69) is 10.6 Å². The number of carboxylic acid groups (broad SMARTS) is 1. The molecule has 1 aromatic rings. The van der Waals surface area contributed by atoms with Crippen LogP contribution in [-0.4, -0.2) is 23.1 Å². The maximum atomic E-state index is 11.5. The summed E-state index contributed by atoms with van der Waals surface area (Å²) >= 11 is 0. The first-order valence-electron chi connectivity index (χ1n) is 5.44. The molecular weight excluding hydrogens is 220 g/mol. The van der Waals surface area contributed by atoms with E-state index < -0.39 is 12.0 Å². The molecule has 0 saturated carbocycles. The number of amides is 2. The Kier molecular flexibility index (Phi) is 4.51. The lowest BCUT2D eigenvalue weighted by Gasteiger charge is -2.13. The zero-order valence-electron chi connectivity index (χ0n) is 9.86. The van der Waals surface area contributed by atoms with Crippen molar-refractivity contribution in [1.29, 1.82) is 0 Å². The van der Waals surface area contributed by atoms with Crippen LogP contribution >= 0.6 is 0 Å². The Balaban J connectivity index is 2.74. The van der Waals surface area contributed by atoms with E-state index in [4.69, 9.17) is 5.11 Å². The van der Waals surface area contributed by atoms with Crippen LogP contribution in [-0.2, 0) is 0 Å². The van der Waals surface area contributed by atoms with Crippen LogP contribution in [0.15, 0.2) is 24.3 Å². The summed E-state index contributed by atoms with van der Waals surface area (Å²) in [7, 11) is 0. The molecule has 2 amide bonds. The summed E-state index contributed by atoms with van der Waals surface area (Å²) in [5.74, 6) is -1.07. The lowest BCUT2D eigenvalue weighted by molar-refractivity contribution is 0.0698. The molecule has 0 fully saturated rings. The number of para-hydroxylation sites is 1. The van der Waals surface area contributed by atoms with E-state index in [-0.39, 0.29) is 11.6 Å². The molecule has 3 N–H and O–H groups in total. The number of hydrogen-bond donors (Lipinski definition) is 3. The molecule has 92 valence electrons. The Morgan fingerprint density at radius 3 is 2.59 bits per heavy atom. The van der Waals surface area contributed by atoms with Crippen LogP contribution < -0.4 is 10.6 Å². The van der Waals surface area contributed by atoms with Crippen molar-refractivity contribution in [2.75, 3.05) is 5.32 Å². The van der Waals surface area contributed by atoms with Gasteiger partial charge in [-0.3, -0.25) is 0 Å². The van der Waals surface area contributed by atoms with E-state index in [0.717, 1.165) is 6.42 Å². The molecular formula is C12H16N2O3. The number of aromatic carboxylic acids is 1. The highest BCUT2D eigenvalue weighted by atomic mass is 16.4. The molecule has 1 atom stereocenters. The van der Waals surface area contributed by atoms with Crippen LogP contribution in [0.25, 0.3) is 0 Å². The molecule has 1 unspecified atom stereocenters. The van der Waals surface area contributed by atoms with Gasteiger partial charge in [0.1, 0.15) is 0 Å². The number of benzene rings is 1. The van der Waals surface area contributed by atoms with Gasteiger partial charge in [-0.1, -0.05) is 19.1 Å². The molecule has 1 aromatic carbocycles. The number of nitrogens with one attached hydrogen (secondary N) is 2. The number of carbonyl (C=O) groups excluding carboxylic acids is 1. The third-order valence-electron chi connectivity index (χ3n) is 2.40. The van der Waals surface area contributed by atoms with Crippen LogP contribution in [0.5, 0.6) is 0 Å². The van der Waals surface area contributed by atoms with Crippen LogP contribution in [0, 0.1) is 0 Å². The van der Waals surface area contributed by atoms with Gasteiger partial charge in [-0.15, -0.1) is 0 Å². The standard InChI is InChI=1S/C12H16N2O3/c1-3-8(2)13-12(17)14-10-7-5-4-6-9(10)11(15)16/h4-8H,3H2,1-2H3,(H,15,16)(H2,13,14,17).